The Hall–Kier alpha value is -6.28. The van der Waals surface area contributed by atoms with E-state index in [4.69, 9.17) is 57.8 Å². The number of urea groups is 1. The fraction of sp³-hybridized carbons (Fsp3) is 0.714. The van der Waals surface area contributed by atoms with Gasteiger partial charge in [0.1, 0.15) is 36.7 Å². The summed E-state index contributed by atoms with van der Waals surface area (Å²) in [4.78, 5) is 104. The van der Waals surface area contributed by atoms with Crippen LogP contribution in [0.1, 0.15) is 135 Å². The van der Waals surface area contributed by atoms with Gasteiger partial charge in [-0.2, -0.15) is 0 Å². The van der Waals surface area contributed by atoms with Crippen molar-refractivity contribution in [2.24, 2.45) is 23.5 Å². The van der Waals surface area contributed by atoms with Crippen molar-refractivity contribution in [3.05, 3.63) is 66.3 Å². The summed E-state index contributed by atoms with van der Waals surface area (Å²) in [7, 11) is 1.57. The summed E-state index contributed by atoms with van der Waals surface area (Å²) in [6, 6.07) is 3.57. The molecule has 1 spiro atoms. The van der Waals surface area contributed by atoms with Crippen LogP contribution >= 0.6 is 0 Å². The Balaban J connectivity index is 0.704. The molecule has 8 fully saturated rings. The van der Waals surface area contributed by atoms with Gasteiger partial charge >= 0.3 is 12.1 Å². The Bertz CT molecular complexity index is 3010. The first kappa shape index (κ1) is 74.4. The van der Waals surface area contributed by atoms with Gasteiger partial charge in [-0.1, -0.05) is 46.1 Å². The number of hydrogen-bond acceptors (Lipinski definition) is 21. The van der Waals surface area contributed by atoms with Crippen molar-refractivity contribution in [1.29, 1.82) is 0 Å². The summed E-state index contributed by atoms with van der Waals surface area (Å²) in [5.41, 5.74) is 8.16. The van der Waals surface area contributed by atoms with E-state index in [0.29, 0.717) is 56.2 Å². The molecule has 9 aliphatic heterocycles. The molecule has 9 heterocycles. The Morgan fingerprint density at radius 1 is 0.765 bits per heavy atom. The van der Waals surface area contributed by atoms with Gasteiger partial charge in [-0.05, 0) is 98.5 Å². The van der Waals surface area contributed by atoms with Gasteiger partial charge in [0.2, 0.25) is 17.7 Å². The van der Waals surface area contributed by atoms with E-state index in [1.807, 2.05) is 0 Å². The Morgan fingerprint density at radius 2 is 1.50 bits per heavy atom. The molecule has 9 unspecified atom stereocenters. The average molecular weight is 1380 g/mol. The Morgan fingerprint density at radius 3 is 2.24 bits per heavy atom. The smallest absolute Gasteiger partial charge is 0.407 e. The van der Waals surface area contributed by atoms with Crippen molar-refractivity contribution in [1.82, 2.24) is 26.2 Å². The molecule has 542 valence electrons. The molecule has 9 aliphatic rings. The number of nitrogens with zero attached hydrogens (tertiary/aromatic N) is 1. The lowest BCUT2D eigenvalue weighted by atomic mass is 9.81. The van der Waals surface area contributed by atoms with E-state index >= 15 is 0 Å². The molecular formula is C70H101N7O21. The zero-order valence-electron chi connectivity index (χ0n) is 56.8. The van der Waals surface area contributed by atoms with Gasteiger partial charge in [0, 0.05) is 95.3 Å². The number of carbonyl (C=O) groups excluding carboxylic acids is 8. The SMILES string of the molecule is C=C1CC2CC[C@]34C[C@@H](O)C(O3)[C@H]3CC(O4)[C@H]4OC(CCC4O3)CC(=O)CC3[C@@H](OC)C(CC(O)CNC(=O)OCc4ccc(NC(=O)C(CCCNC(N)=O)NC(=O)[C@@H](NC(=O)CCOCCOCCN5C(=O)C=CC5=O)C(C)C)cc4)O[C@H]3C[C@H]3O[C@@H](CC[C@@H]1O2)C[C@@H](C)C3=C. The van der Waals surface area contributed by atoms with Gasteiger partial charge in [0.15, 0.2) is 5.79 Å². The number of rotatable bonds is 26. The lowest BCUT2D eigenvalue weighted by Crippen LogP contribution is -2.58. The quantitative estimate of drug-likeness (QED) is 0.0372. The number of hydrogen-bond donors (Lipinski definition) is 8. The lowest BCUT2D eigenvalue weighted by molar-refractivity contribution is -0.277. The lowest BCUT2D eigenvalue weighted by Gasteiger charge is -2.47. The molecule has 28 heteroatoms. The number of imide groups is 1. The standard InChI is InChI=1S/C70H101N7O21/c1-38(2)62(76-59(81)20-24-89-26-27-90-25-23-77-60(82)17-18-61(77)83)67(85)75-50(8-7-22-72-68(71)86)66(84)74-43-11-9-42(10-12-43)37-91-69(87)73-36-45(79)32-56-63(88-6)49-31-44(78)30-47-14-16-53-65(94-47)58-34-57(95-53)64-51(80)35-70(97-58,98-64)21-19-48-29-40(4)52(92-48)15-13-46-28-39(3)41(5)54(93-46)33-55(49)96-56/h9-12,17-18,38-39,45-58,62-65,79-80H,4-5,7-8,13-16,19-37H2,1-3,6H3,(H,73,87)(H,74,84)(H,75,85)(H,76,81)(H3,71,72,86)/t39-,45?,46+,47?,48?,49?,50?,51-,52+,53?,54-,55+,56?,57-,58?,62+,63-,64?,65+,70-/m1/s1. The third kappa shape index (κ3) is 19.6. The topological polar surface area (TPSA) is 368 Å². The molecular weight excluding hydrogens is 1270 g/mol. The first-order valence-corrected chi connectivity index (χ1v) is 35.0. The number of amides is 8. The highest BCUT2D eigenvalue weighted by Crippen LogP contribution is 2.49. The fourth-order valence-electron chi connectivity index (χ4n) is 15.3. The van der Waals surface area contributed by atoms with Crippen LogP contribution < -0.4 is 32.3 Å². The van der Waals surface area contributed by atoms with E-state index < -0.39 is 114 Å². The third-order valence-corrected chi connectivity index (χ3v) is 20.5. The predicted molar refractivity (Wildman–Crippen MR) is 350 cm³/mol. The van der Waals surface area contributed by atoms with Gasteiger partial charge < -0.3 is 94.6 Å². The zero-order valence-corrected chi connectivity index (χ0v) is 56.8. The van der Waals surface area contributed by atoms with Crippen molar-refractivity contribution >= 4 is 53.1 Å². The molecule has 0 saturated carbocycles. The van der Waals surface area contributed by atoms with Crippen LogP contribution in [0, 0.1) is 17.8 Å². The number of carbonyl (C=O) groups is 8. The predicted octanol–water partition coefficient (Wildman–Crippen LogP) is 3.75. The van der Waals surface area contributed by atoms with Crippen LogP contribution in [0.15, 0.2) is 60.7 Å². The molecule has 0 aliphatic carbocycles. The molecule has 1 aromatic rings. The molecule has 8 saturated heterocycles. The van der Waals surface area contributed by atoms with Crippen LogP contribution in [0.2, 0.25) is 0 Å². The highest BCUT2D eigenvalue weighted by molar-refractivity contribution is 6.12. The summed E-state index contributed by atoms with van der Waals surface area (Å²) in [5.74, 6) is -4.19. The van der Waals surface area contributed by atoms with Crippen molar-refractivity contribution in [2.45, 2.75) is 246 Å². The molecule has 0 radical (unpaired) electrons. The first-order valence-electron chi connectivity index (χ1n) is 35.0. The van der Waals surface area contributed by atoms with Gasteiger partial charge in [0.25, 0.3) is 11.8 Å². The molecule has 9 N–H and O–H groups in total. The molecule has 98 heavy (non-hydrogen) atoms. The number of Topliss-reactive ketones (excluding diaryl/α,β-unsaturated/α-hetero) is 1. The molecule has 10 rings (SSSR count). The van der Waals surface area contributed by atoms with E-state index in [-0.39, 0.29) is 152 Å². The van der Waals surface area contributed by atoms with Crippen molar-refractivity contribution in [2.75, 3.05) is 58.5 Å². The molecule has 1 aromatic carbocycles. The van der Waals surface area contributed by atoms with Gasteiger partial charge in [-0.25, -0.2) is 9.59 Å². The second kappa shape index (κ2) is 34.4. The number of methoxy groups -OCH3 is 1. The average Bonchev–Trinajstić information content (AvgIpc) is 1.57. The maximum absolute atomic E-state index is 14.5. The number of nitrogens with two attached hydrogens (primary N) is 1. The number of benzene rings is 1. The van der Waals surface area contributed by atoms with E-state index in [2.05, 4.69) is 46.7 Å². The number of fused-ring (bicyclic) bond motifs is 9. The second-order valence-corrected chi connectivity index (χ2v) is 28.1. The second-order valence-electron chi connectivity index (χ2n) is 28.1. The summed E-state index contributed by atoms with van der Waals surface area (Å²) in [6.45, 7) is 14.9. The zero-order chi connectivity index (χ0) is 69.8. The van der Waals surface area contributed by atoms with Crippen LogP contribution in [0.5, 0.6) is 0 Å². The monoisotopic (exact) mass is 1380 g/mol. The molecule has 20 atom stereocenters. The van der Waals surface area contributed by atoms with Crippen LogP contribution in [0.3, 0.4) is 0 Å². The molecule has 10 bridgehead atoms. The number of aliphatic hydroxyl groups is 2. The largest absolute Gasteiger partial charge is 0.445 e. The van der Waals surface area contributed by atoms with Crippen molar-refractivity contribution < 1.29 is 101 Å². The number of primary amides is 1. The minimum Gasteiger partial charge on any atom is -0.445 e. The Labute approximate surface area is 572 Å². The first-order chi connectivity index (χ1) is 47.0. The van der Waals surface area contributed by atoms with Crippen molar-refractivity contribution in [3.8, 4) is 0 Å². The van der Waals surface area contributed by atoms with Gasteiger partial charge in [-0.15, -0.1) is 0 Å². The van der Waals surface area contributed by atoms with Gasteiger partial charge in [0.05, 0.1) is 112 Å². The molecule has 8 amide bonds. The van der Waals surface area contributed by atoms with Crippen LogP contribution in [0.25, 0.3) is 0 Å². The summed E-state index contributed by atoms with van der Waals surface area (Å²) in [6.07, 6.45) is 2.13. The van der Waals surface area contributed by atoms with Crippen LogP contribution in [-0.2, 0) is 87.5 Å². The summed E-state index contributed by atoms with van der Waals surface area (Å²) < 4.78 is 70.1. The van der Waals surface area contributed by atoms with Crippen LogP contribution in [0.4, 0.5) is 15.3 Å². The number of alkyl carbamates (subject to hydrolysis) is 1. The number of anilines is 1. The number of nitrogens with one attached hydrogen (secondary N) is 5. The van der Waals surface area contributed by atoms with E-state index in [0.717, 1.165) is 41.7 Å². The van der Waals surface area contributed by atoms with E-state index in [1.165, 1.54) is 12.2 Å². The summed E-state index contributed by atoms with van der Waals surface area (Å²) >= 11 is 0. The maximum Gasteiger partial charge on any atom is 0.407 e. The van der Waals surface area contributed by atoms with Crippen LogP contribution in [-0.4, -0.2) is 225 Å². The van der Waals surface area contributed by atoms with Gasteiger partial charge in [-0.3, -0.25) is 33.7 Å². The third-order valence-electron chi connectivity index (χ3n) is 20.5. The highest BCUT2D eigenvalue weighted by Gasteiger charge is 2.60. The minimum absolute atomic E-state index is 0.0177. The highest BCUT2D eigenvalue weighted by atomic mass is 16.7. The maximum atomic E-state index is 14.5. The Kier molecular flexibility index (Phi) is 26.1. The molecule has 0 aromatic heterocycles. The number of aliphatic hydroxyl groups excluding tert-OH is 2. The van der Waals surface area contributed by atoms with E-state index in [1.54, 1.807) is 45.2 Å². The number of ether oxygens (including phenoxy) is 11. The summed E-state index contributed by atoms with van der Waals surface area (Å²) in [5, 5.41) is 36.2. The van der Waals surface area contributed by atoms with E-state index in [9.17, 15) is 48.6 Å². The fourth-order valence-corrected chi connectivity index (χ4v) is 15.3. The van der Waals surface area contributed by atoms with Crippen molar-refractivity contribution in [3.63, 3.8) is 0 Å². The number of ketones is 1. The minimum atomic E-state index is -1.11. The normalized spacial score (nSPS) is 33.3. The molecule has 28 nitrogen and oxygen atoms in total.